The fraction of sp³-hybridized carbons (Fsp3) is 0.565. The minimum absolute atomic E-state index is 0.00541. The van der Waals surface area contributed by atoms with Crippen LogP contribution in [0.4, 0.5) is 0 Å². The maximum Gasteiger partial charge on any atom is 0.259 e. The quantitative estimate of drug-likeness (QED) is 0.496. The number of H-pyrrole nitrogens is 1. The van der Waals surface area contributed by atoms with Gasteiger partial charge in [-0.1, -0.05) is 26.3 Å². The molecular weight excluding hydrogens is 414 g/mol. The molecule has 0 radical (unpaired) electrons. The molecule has 3 aromatic rings. The van der Waals surface area contributed by atoms with Gasteiger partial charge in [0.05, 0.1) is 18.0 Å². The summed E-state index contributed by atoms with van der Waals surface area (Å²) < 4.78 is 5.87. The van der Waals surface area contributed by atoms with E-state index in [4.69, 9.17) is 9.72 Å². The summed E-state index contributed by atoms with van der Waals surface area (Å²) in [5.41, 5.74) is 1.19. The highest BCUT2D eigenvalue weighted by Gasteiger charge is 2.22. The average molecular weight is 446 g/mol. The van der Waals surface area contributed by atoms with Crippen LogP contribution < -0.4 is 5.56 Å². The Morgan fingerprint density at radius 3 is 2.97 bits per heavy atom. The van der Waals surface area contributed by atoms with Gasteiger partial charge in [0.25, 0.3) is 5.56 Å². The van der Waals surface area contributed by atoms with Gasteiger partial charge in [-0.05, 0) is 49.1 Å². The van der Waals surface area contributed by atoms with E-state index in [2.05, 4.69) is 48.2 Å². The molecule has 5 nitrogen and oxygen atoms in total. The van der Waals surface area contributed by atoms with Crippen LogP contribution in [0.5, 0.6) is 0 Å². The molecular formula is C23H31N3O2S2. The highest BCUT2D eigenvalue weighted by atomic mass is 32.1. The zero-order valence-corrected chi connectivity index (χ0v) is 19.7. The van der Waals surface area contributed by atoms with E-state index < -0.39 is 0 Å². The first-order chi connectivity index (χ1) is 14.5. The third-order valence-corrected chi connectivity index (χ3v) is 7.88. The van der Waals surface area contributed by atoms with Gasteiger partial charge >= 0.3 is 0 Å². The molecule has 4 rings (SSSR count). The molecule has 1 N–H and O–H groups in total. The molecule has 162 valence electrons. The molecule has 0 aliphatic carbocycles. The van der Waals surface area contributed by atoms with E-state index >= 15 is 0 Å². The molecule has 2 atom stereocenters. The average Bonchev–Trinajstić information content (AvgIpc) is 3.45. The van der Waals surface area contributed by atoms with Crippen LogP contribution in [-0.4, -0.2) is 34.1 Å². The van der Waals surface area contributed by atoms with Gasteiger partial charge in [-0.2, -0.15) is 0 Å². The third kappa shape index (κ3) is 5.02. The number of fused-ring (bicyclic) bond motifs is 1. The lowest BCUT2D eigenvalue weighted by Crippen LogP contribution is -2.32. The van der Waals surface area contributed by atoms with Gasteiger partial charge in [-0.25, -0.2) is 4.98 Å². The molecule has 30 heavy (non-hydrogen) atoms. The fourth-order valence-corrected chi connectivity index (χ4v) is 5.95. The summed E-state index contributed by atoms with van der Waals surface area (Å²) >= 11 is 3.42. The topological polar surface area (TPSA) is 58.2 Å². The van der Waals surface area contributed by atoms with E-state index in [0.29, 0.717) is 12.5 Å². The predicted octanol–water partition coefficient (Wildman–Crippen LogP) is 5.12. The number of nitrogens with one attached hydrogen (secondary N) is 1. The van der Waals surface area contributed by atoms with Gasteiger partial charge in [-0.15, -0.1) is 22.7 Å². The molecule has 4 heterocycles. The zero-order valence-electron chi connectivity index (χ0n) is 18.1. The number of nitrogens with zero attached hydrogens (tertiary/aromatic N) is 2. The molecule has 3 aromatic heterocycles. The molecule has 1 fully saturated rings. The van der Waals surface area contributed by atoms with Crippen molar-refractivity contribution in [1.29, 1.82) is 0 Å². The molecule has 7 heteroatoms. The zero-order chi connectivity index (χ0) is 21.1. The van der Waals surface area contributed by atoms with Crippen molar-refractivity contribution >= 4 is 32.9 Å². The van der Waals surface area contributed by atoms with Crippen LogP contribution in [0.3, 0.4) is 0 Å². The molecule has 1 aliphatic heterocycles. The van der Waals surface area contributed by atoms with Crippen LogP contribution in [0.2, 0.25) is 0 Å². The van der Waals surface area contributed by atoms with Crippen molar-refractivity contribution in [2.45, 2.75) is 65.6 Å². The lowest BCUT2D eigenvalue weighted by atomic mass is 9.98. The van der Waals surface area contributed by atoms with Crippen molar-refractivity contribution in [1.82, 2.24) is 14.9 Å². The number of hydrogen-bond donors (Lipinski definition) is 1. The van der Waals surface area contributed by atoms with Gasteiger partial charge in [0.15, 0.2) is 0 Å². The third-order valence-electron chi connectivity index (χ3n) is 5.98. The van der Waals surface area contributed by atoms with E-state index in [1.54, 1.807) is 22.7 Å². The fourth-order valence-electron chi connectivity index (χ4n) is 4.13. The Morgan fingerprint density at radius 1 is 1.40 bits per heavy atom. The first-order valence-electron chi connectivity index (χ1n) is 10.9. The number of aromatic nitrogens is 2. The Hall–Kier alpha value is -1.54. The SMILES string of the molecule is CC[C@@H](C)Cc1c(C)sc2nc(CN(Cc3cccs3)C[C@H]3CCCO3)[nH]c(=O)c12. The first kappa shape index (κ1) is 21.7. The summed E-state index contributed by atoms with van der Waals surface area (Å²) in [5.74, 6) is 1.31. The Labute approximate surface area is 186 Å². The lowest BCUT2D eigenvalue weighted by Gasteiger charge is -2.24. The van der Waals surface area contributed by atoms with Gasteiger partial charge in [0.1, 0.15) is 10.7 Å². The Kier molecular flexibility index (Phi) is 7.03. The van der Waals surface area contributed by atoms with E-state index in [0.717, 1.165) is 61.4 Å². The Morgan fingerprint density at radius 2 is 2.27 bits per heavy atom. The summed E-state index contributed by atoms with van der Waals surface area (Å²) in [6.45, 7) is 9.75. The van der Waals surface area contributed by atoms with Gasteiger partial charge in [-0.3, -0.25) is 9.69 Å². The predicted molar refractivity (Wildman–Crippen MR) is 126 cm³/mol. The molecule has 0 amide bonds. The summed E-state index contributed by atoms with van der Waals surface area (Å²) in [4.78, 5) is 26.7. The van der Waals surface area contributed by atoms with Crippen LogP contribution >= 0.6 is 22.7 Å². The minimum atomic E-state index is 0.00541. The second-order valence-electron chi connectivity index (χ2n) is 8.43. The monoisotopic (exact) mass is 445 g/mol. The maximum atomic E-state index is 13.0. The van der Waals surface area contributed by atoms with Crippen LogP contribution in [0.15, 0.2) is 22.3 Å². The molecule has 0 bridgehead atoms. The largest absolute Gasteiger partial charge is 0.377 e. The lowest BCUT2D eigenvalue weighted by molar-refractivity contribution is 0.0674. The summed E-state index contributed by atoms with van der Waals surface area (Å²) in [6, 6.07) is 4.25. The molecule has 1 saturated heterocycles. The van der Waals surface area contributed by atoms with Crippen LogP contribution in [0.1, 0.15) is 54.3 Å². The number of hydrogen-bond acceptors (Lipinski definition) is 6. The van der Waals surface area contributed by atoms with Gasteiger partial charge in [0, 0.05) is 29.5 Å². The maximum absolute atomic E-state index is 13.0. The van der Waals surface area contributed by atoms with Gasteiger partial charge in [0.2, 0.25) is 0 Å². The molecule has 0 saturated carbocycles. The summed E-state index contributed by atoms with van der Waals surface area (Å²) in [5, 5.41) is 2.91. The van der Waals surface area contributed by atoms with Gasteiger partial charge < -0.3 is 9.72 Å². The molecule has 0 unspecified atom stereocenters. The molecule has 1 aliphatic rings. The van der Waals surface area contributed by atoms with Crippen LogP contribution in [0, 0.1) is 12.8 Å². The van der Waals surface area contributed by atoms with E-state index in [-0.39, 0.29) is 11.7 Å². The standard InChI is InChI=1S/C23H31N3O2S2/c1-4-15(2)11-19-16(3)30-23-21(19)22(27)24-20(25-23)14-26(12-17-7-5-9-28-17)13-18-8-6-10-29-18/h6,8,10,15,17H,4-5,7,9,11-14H2,1-3H3,(H,24,25,27)/t15-,17-/m1/s1. The normalized spacial score (nSPS) is 17.9. The minimum Gasteiger partial charge on any atom is -0.377 e. The number of thiophene rings is 2. The smallest absolute Gasteiger partial charge is 0.259 e. The highest BCUT2D eigenvalue weighted by molar-refractivity contribution is 7.18. The number of rotatable bonds is 9. The van der Waals surface area contributed by atoms with Crippen molar-refractivity contribution < 1.29 is 4.74 Å². The van der Waals surface area contributed by atoms with Crippen molar-refractivity contribution in [3.63, 3.8) is 0 Å². The second kappa shape index (κ2) is 9.73. The van der Waals surface area contributed by atoms with Crippen molar-refractivity contribution in [2.24, 2.45) is 5.92 Å². The number of aryl methyl sites for hydroxylation is 1. The number of aromatic amines is 1. The van der Waals surface area contributed by atoms with Crippen molar-refractivity contribution in [3.8, 4) is 0 Å². The first-order valence-corrected chi connectivity index (χ1v) is 12.6. The number of ether oxygens (including phenoxy) is 1. The van der Waals surface area contributed by atoms with E-state index in [1.165, 1.54) is 15.3 Å². The van der Waals surface area contributed by atoms with Crippen LogP contribution in [-0.2, 0) is 24.2 Å². The Balaban J connectivity index is 1.59. The van der Waals surface area contributed by atoms with E-state index in [1.807, 2.05) is 0 Å². The van der Waals surface area contributed by atoms with Crippen LogP contribution in [0.25, 0.3) is 10.2 Å². The van der Waals surface area contributed by atoms with Crippen molar-refractivity contribution in [2.75, 3.05) is 13.2 Å². The molecule has 0 spiro atoms. The second-order valence-corrected chi connectivity index (χ2v) is 10.7. The molecule has 0 aromatic carbocycles. The highest BCUT2D eigenvalue weighted by Crippen LogP contribution is 2.30. The summed E-state index contributed by atoms with van der Waals surface area (Å²) in [6.07, 6.45) is 4.56. The van der Waals surface area contributed by atoms with Crippen molar-refractivity contribution in [3.05, 3.63) is 49.0 Å². The summed E-state index contributed by atoms with van der Waals surface area (Å²) in [7, 11) is 0. The van der Waals surface area contributed by atoms with E-state index in [9.17, 15) is 4.79 Å². The Bertz CT molecular complexity index is 1020.